The van der Waals surface area contributed by atoms with Crippen LogP contribution >= 0.6 is 11.6 Å². The number of benzene rings is 2. The molecule has 2 amide bonds. The van der Waals surface area contributed by atoms with E-state index in [-0.39, 0.29) is 5.97 Å². The Kier molecular flexibility index (Phi) is 6.99. The van der Waals surface area contributed by atoms with Gasteiger partial charge in [-0.15, -0.1) is 0 Å². The molecule has 29 heavy (non-hydrogen) atoms. The summed E-state index contributed by atoms with van der Waals surface area (Å²) in [6.45, 7) is 5.79. The minimum absolute atomic E-state index is 0.296. The van der Waals surface area contributed by atoms with Crippen molar-refractivity contribution >= 4 is 40.7 Å². The first-order valence-electron chi connectivity index (χ1n) is 9.88. The summed E-state index contributed by atoms with van der Waals surface area (Å²) in [6.07, 6.45) is 3.40. The van der Waals surface area contributed by atoms with E-state index < -0.39 is 6.03 Å². The Hall–Kier alpha value is -2.73. The van der Waals surface area contributed by atoms with Crippen LogP contribution in [0.4, 0.5) is 21.9 Å². The number of esters is 1. The van der Waals surface area contributed by atoms with Gasteiger partial charge in [0.25, 0.3) is 0 Å². The molecule has 1 aliphatic heterocycles. The number of ether oxygens (including phenoxy) is 1. The fourth-order valence-corrected chi connectivity index (χ4v) is 3.54. The molecule has 0 radical (unpaired) electrons. The number of aryl methyl sites for hydroxylation is 1. The fourth-order valence-electron chi connectivity index (χ4n) is 3.36. The van der Waals surface area contributed by atoms with E-state index in [2.05, 4.69) is 15.5 Å². The number of hydrogen-bond donors (Lipinski definition) is 2. The molecule has 0 atom stereocenters. The molecule has 1 saturated heterocycles. The van der Waals surface area contributed by atoms with Crippen molar-refractivity contribution < 1.29 is 14.3 Å². The van der Waals surface area contributed by atoms with Gasteiger partial charge in [0.2, 0.25) is 0 Å². The zero-order valence-corrected chi connectivity index (χ0v) is 17.5. The molecule has 154 valence electrons. The van der Waals surface area contributed by atoms with Crippen LogP contribution in [-0.4, -0.2) is 31.7 Å². The maximum absolute atomic E-state index is 12.5. The third kappa shape index (κ3) is 5.41. The Morgan fingerprint density at radius 3 is 2.34 bits per heavy atom. The maximum Gasteiger partial charge on any atom is 0.340 e. The van der Waals surface area contributed by atoms with E-state index in [9.17, 15) is 9.59 Å². The topological polar surface area (TPSA) is 70.7 Å². The number of urea groups is 1. The lowest BCUT2D eigenvalue weighted by Gasteiger charge is -2.30. The number of nitrogens with one attached hydrogen (secondary N) is 2. The maximum atomic E-state index is 12.5. The quantitative estimate of drug-likeness (QED) is 0.636. The van der Waals surface area contributed by atoms with E-state index in [1.54, 1.807) is 31.2 Å². The lowest BCUT2D eigenvalue weighted by Crippen LogP contribution is -2.31. The number of nitrogens with zero attached hydrogens (tertiary/aromatic N) is 1. The van der Waals surface area contributed by atoms with Gasteiger partial charge in [-0.1, -0.05) is 17.7 Å². The Bertz CT molecular complexity index is 895. The highest BCUT2D eigenvalue weighted by molar-refractivity contribution is 6.31. The average Bonchev–Trinajstić information content (AvgIpc) is 2.71. The Morgan fingerprint density at radius 1 is 1.03 bits per heavy atom. The molecule has 0 unspecified atom stereocenters. The monoisotopic (exact) mass is 415 g/mol. The van der Waals surface area contributed by atoms with Crippen LogP contribution in [0.5, 0.6) is 0 Å². The largest absolute Gasteiger partial charge is 0.462 e. The second-order valence-corrected chi connectivity index (χ2v) is 7.45. The highest BCUT2D eigenvalue weighted by atomic mass is 35.5. The summed E-state index contributed by atoms with van der Waals surface area (Å²) in [4.78, 5) is 27.1. The number of carbonyl (C=O) groups is 2. The molecule has 0 aliphatic carbocycles. The molecule has 2 N–H and O–H groups in total. The van der Waals surface area contributed by atoms with Crippen LogP contribution in [0, 0.1) is 6.92 Å². The molecule has 0 bridgehead atoms. The number of anilines is 3. The summed E-state index contributed by atoms with van der Waals surface area (Å²) in [7, 11) is 0. The van der Waals surface area contributed by atoms with Gasteiger partial charge in [-0.3, -0.25) is 0 Å². The molecule has 1 aliphatic rings. The van der Waals surface area contributed by atoms with E-state index in [4.69, 9.17) is 16.3 Å². The summed E-state index contributed by atoms with van der Waals surface area (Å²) < 4.78 is 5.23. The molecule has 3 rings (SSSR count). The van der Waals surface area contributed by atoms with E-state index in [1.165, 1.54) is 6.42 Å². The van der Waals surface area contributed by atoms with Crippen molar-refractivity contribution in [2.75, 3.05) is 35.2 Å². The number of rotatable bonds is 5. The Labute approximate surface area is 176 Å². The van der Waals surface area contributed by atoms with Crippen molar-refractivity contribution in [2.24, 2.45) is 0 Å². The number of hydrogen-bond acceptors (Lipinski definition) is 4. The third-order valence-electron chi connectivity index (χ3n) is 4.88. The van der Waals surface area contributed by atoms with Gasteiger partial charge in [-0.25, -0.2) is 9.59 Å². The molecule has 0 aromatic heterocycles. The highest BCUT2D eigenvalue weighted by Crippen LogP contribution is 2.28. The van der Waals surface area contributed by atoms with Gasteiger partial charge < -0.3 is 20.3 Å². The third-order valence-corrected chi connectivity index (χ3v) is 5.28. The van der Waals surface area contributed by atoms with Gasteiger partial charge in [0.15, 0.2) is 0 Å². The zero-order valence-electron chi connectivity index (χ0n) is 16.8. The van der Waals surface area contributed by atoms with E-state index in [0.29, 0.717) is 28.6 Å². The molecule has 1 heterocycles. The van der Waals surface area contributed by atoms with Gasteiger partial charge >= 0.3 is 12.0 Å². The average molecular weight is 416 g/mol. The zero-order chi connectivity index (χ0) is 20.8. The molecule has 7 heteroatoms. The molecule has 6 nitrogen and oxygen atoms in total. The number of carbonyl (C=O) groups excluding carboxylic acids is 2. The first-order valence-corrected chi connectivity index (χ1v) is 10.3. The molecular weight excluding hydrogens is 390 g/mol. The second-order valence-electron chi connectivity index (χ2n) is 7.04. The first-order chi connectivity index (χ1) is 14.0. The minimum atomic E-state index is -0.412. The van der Waals surface area contributed by atoms with Gasteiger partial charge in [-0.2, -0.15) is 0 Å². The smallest absolute Gasteiger partial charge is 0.340 e. The normalized spacial score (nSPS) is 13.7. The van der Waals surface area contributed by atoms with E-state index in [1.807, 2.05) is 19.1 Å². The van der Waals surface area contributed by atoms with Crippen LogP contribution in [-0.2, 0) is 4.74 Å². The van der Waals surface area contributed by atoms with Gasteiger partial charge in [-0.05, 0) is 69.0 Å². The van der Waals surface area contributed by atoms with Gasteiger partial charge in [0.05, 0.1) is 17.9 Å². The van der Waals surface area contributed by atoms with Gasteiger partial charge in [0.1, 0.15) is 0 Å². The molecular formula is C22H26ClN3O3. The van der Waals surface area contributed by atoms with Crippen LogP contribution in [0.1, 0.15) is 42.1 Å². The standard InChI is InChI=1S/C22H26ClN3O3/c1-3-29-21(27)18-13-16(9-10-20(18)26-11-5-4-6-12-26)24-22(28)25-17-8-7-15(2)19(23)14-17/h7-10,13-14H,3-6,11-12H2,1-2H3,(H2,24,25,28). The first kappa shape index (κ1) is 21.0. The van der Waals surface area contributed by atoms with Crippen LogP contribution in [0.15, 0.2) is 36.4 Å². The fraction of sp³-hybridized carbons (Fsp3) is 0.364. The lowest BCUT2D eigenvalue weighted by atomic mass is 10.1. The Morgan fingerprint density at radius 2 is 1.69 bits per heavy atom. The predicted octanol–water partition coefficient (Wildman–Crippen LogP) is 5.46. The SMILES string of the molecule is CCOC(=O)c1cc(NC(=O)Nc2ccc(C)c(Cl)c2)ccc1N1CCCCC1. The predicted molar refractivity (Wildman–Crippen MR) is 117 cm³/mol. The molecule has 1 fully saturated rings. The van der Waals surface area contributed by atoms with Crippen molar-refractivity contribution in [1.82, 2.24) is 0 Å². The van der Waals surface area contributed by atoms with Crippen molar-refractivity contribution in [3.63, 3.8) is 0 Å². The molecule has 0 saturated carbocycles. The summed E-state index contributed by atoms with van der Waals surface area (Å²) in [5.41, 5.74) is 3.35. The summed E-state index contributed by atoms with van der Waals surface area (Å²) in [5.74, 6) is -0.387. The minimum Gasteiger partial charge on any atom is -0.462 e. The summed E-state index contributed by atoms with van der Waals surface area (Å²) in [6, 6.07) is 10.2. The van der Waals surface area contributed by atoms with E-state index >= 15 is 0 Å². The lowest BCUT2D eigenvalue weighted by molar-refractivity contribution is 0.0527. The van der Waals surface area contributed by atoms with Crippen molar-refractivity contribution in [2.45, 2.75) is 33.1 Å². The van der Waals surface area contributed by atoms with Gasteiger partial charge in [0, 0.05) is 29.5 Å². The van der Waals surface area contributed by atoms with E-state index in [0.717, 1.165) is 37.2 Å². The molecule has 2 aromatic carbocycles. The van der Waals surface area contributed by atoms with Crippen molar-refractivity contribution in [1.29, 1.82) is 0 Å². The highest BCUT2D eigenvalue weighted by Gasteiger charge is 2.20. The molecule has 2 aromatic rings. The van der Waals surface area contributed by atoms with Crippen LogP contribution in [0.2, 0.25) is 5.02 Å². The Balaban J connectivity index is 1.77. The number of amides is 2. The second kappa shape index (κ2) is 9.65. The summed E-state index contributed by atoms with van der Waals surface area (Å²) >= 11 is 6.11. The van der Waals surface area contributed by atoms with Crippen LogP contribution in [0.3, 0.4) is 0 Å². The number of piperidine rings is 1. The van der Waals surface area contributed by atoms with Crippen molar-refractivity contribution in [3.8, 4) is 0 Å². The summed E-state index contributed by atoms with van der Waals surface area (Å²) in [5, 5.41) is 6.10. The van der Waals surface area contributed by atoms with Crippen molar-refractivity contribution in [3.05, 3.63) is 52.5 Å². The number of halogens is 1. The van der Waals surface area contributed by atoms with Crippen LogP contribution < -0.4 is 15.5 Å². The molecule has 0 spiro atoms. The van der Waals surface area contributed by atoms with Crippen LogP contribution in [0.25, 0.3) is 0 Å².